The molecule has 0 amide bonds. The van der Waals surface area contributed by atoms with Crippen molar-refractivity contribution < 1.29 is 0 Å². The first-order valence-electron chi connectivity index (χ1n) is 9.88. The number of aromatic nitrogens is 1. The van der Waals surface area contributed by atoms with Crippen molar-refractivity contribution in [2.24, 2.45) is 0 Å². The van der Waals surface area contributed by atoms with Gasteiger partial charge in [-0.1, -0.05) is 84.0 Å². The van der Waals surface area contributed by atoms with Crippen LogP contribution in [0.5, 0.6) is 0 Å². The fraction of sp³-hybridized carbons (Fsp3) is 0.346. The summed E-state index contributed by atoms with van der Waals surface area (Å²) in [5.41, 5.74) is 10.7. The average molecular weight is 356 g/mol. The van der Waals surface area contributed by atoms with Crippen LogP contribution in [-0.2, 0) is 17.3 Å². The third kappa shape index (κ3) is 3.20. The van der Waals surface area contributed by atoms with E-state index >= 15 is 0 Å². The maximum absolute atomic E-state index is 5.03. The molecule has 1 aromatic heterocycles. The Bertz CT molecular complexity index is 981. The maximum Gasteiger partial charge on any atom is 0.0466 e. The van der Waals surface area contributed by atoms with E-state index in [1.165, 1.54) is 33.4 Å². The van der Waals surface area contributed by atoms with Crippen molar-refractivity contribution in [2.45, 2.75) is 58.8 Å². The van der Waals surface area contributed by atoms with Gasteiger partial charge in [0, 0.05) is 22.2 Å². The van der Waals surface area contributed by atoms with Gasteiger partial charge in [-0.25, -0.2) is 0 Å². The summed E-state index contributed by atoms with van der Waals surface area (Å²) >= 11 is 0. The van der Waals surface area contributed by atoms with Crippen LogP contribution >= 0.6 is 0 Å². The van der Waals surface area contributed by atoms with Crippen molar-refractivity contribution in [3.05, 3.63) is 77.1 Å². The highest BCUT2D eigenvalue weighted by atomic mass is 14.7. The molecule has 1 nitrogen and oxygen atoms in total. The van der Waals surface area contributed by atoms with Gasteiger partial charge in [0.05, 0.1) is 0 Å². The normalized spacial score (nSPS) is 13.4. The third-order valence-corrected chi connectivity index (χ3v) is 5.52. The van der Waals surface area contributed by atoms with Crippen LogP contribution in [-0.4, -0.2) is 4.98 Å². The molecule has 1 heterocycles. The first-order chi connectivity index (χ1) is 12.6. The Morgan fingerprint density at radius 1 is 0.667 bits per heavy atom. The fourth-order valence-corrected chi connectivity index (χ4v) is 3.88. The summed E-state index contributed by atoms with van der Waals surface area (Å²) in [4.78, 5) is 5.03. The molecule has 1 heteroatoms. The lowest BCUT2D eigenvalue weighted by molar-refractivity contribution is 0.531. The summed E-state index contributed by atoms with van der Waals surface area (Å²) in [5, 5.41) is 0. The number of rotatable bonds is 1. The zero-order valence-electron chi connectivity index (χ0n) is 17.4. The van der Waals surface area contributed by atoms with Crippen molar-refractivity contribution in [3.63, 3.8) is 0 Å². The van der Waals surface area contributed by atoms with Crippen molar-refractivity contribution >= 4 is 0 Å². The minimum atomic E-state index is 0.0247. The summed E-state index contributed by atoms with van der Waals surface area (Å²) in [5.74, 6) is 0. The summed E-state index contributed by atoms with van der Waals surface area (Å²) < 4.78 is 0. The Hall–Kier alpha value is -2.41. The monoisotopic (exact) mass is 355 g/mol. The van der Waals surface area contributed by atoms with Gasteiger partial charge in [0.25, 0.3) is 0 Å². The Labute approximate surface area is 163 Å². The first-order valence-corrected chi connectivity index (χ1v) is 9.88. The van der Waals surface area contributed by atoms with Gasteiger partial charge >= 0.3 is 0 Å². The Morgan fingerprint density at radius 3 is 1.85 bits per heavy atom. The van der Waals surface area contributed by atoms with Crippen LogP contribution in [0.4, 0.5) is 0 Å². The predicted octanol–water partition coefficient (Wildman–Crippen LogP) is 6.91. The highest BCUT2D eigenvalue weighted by molar-refractivity contribution is 5.84. The molecule has 0 saturated carbocycles. The molecule has 0 saturated heterocycles. The maximum atomic E-state index is 5.03. The molecule has 0 fully saturated rings. The summed E-state index contributed by atoms with van der Waals surface area (Å²) in [6.45, 7) is 13.5. The number of hydrogen-bond donors (Lipinski definition) is 0. The summed E-state index contributed by atoms with van der Waals surface area (Å²) in [6, 6.07) is 20.1. The molecule has 0 radical (unpaired) electrons. The molecule has 1 aliphatic carbocycles. The van der Waals surface area contributed by atoms with Crippen LogP contribution < -0.4 is 0 Å². The summed E-state index contributed by atoms with van der Waals surface area (Å²) in [6.07, 6.45) is 1.01. The number of nitrogens with zero attached hydrogens (tertiary/aromatic N) is 1. The van der Waals surface area contributed by atoms with Crippen LogP contribution in [0.25, 0.3) is 22.3 Å². The molecular weight excluding hydrogens is 326 g/mol. The minimum absolute atomic E-state index is 0.0247. The van der Waals surface area contributed by atoms with Crippen LogP contribution in [0.1, 0.15) is 64.1 Å². The number of hydrogen-bond acceptors (Lipinski definition) is 1. The Morgan fingerprint density at radius 2 is 1.22 bits per heavy atom. The summed E-state index contributed by atoms with van der Waals surface area (Å²) in [7, 11) is 0. The SMILES string of the molecule is CC(C)(C)c1cc(-c2cccc3c2Cc2ccccc2-3)cc(C(C)(C)C)n1. The molecule has 138 valence electrons. The number of pyridine rings is 1. The molecule has 0 atom stereocenters. The number of benzene rings is 2. The van der Waals surface area contributed by atoms with Gasteiger partial charge in [0.2, 0.25) is 0 Å². The van der Waals surface area contributed by atoms with Gasteiger partial charge < -0.3 is 0 Å². The molecule has 0 unspecified atom stereocenters. The lowest BCUT2D eigenvalue weighted by Gasteiger charge is -2.25. The predicted molar refractivity (Wildman–Crippen MR) is 115 cm³/mol. The molecular formula is C26H29N. The van der Waals surface area contributed by atoms with Gasteiger partial charge in [-0.05, 0) is 51.9 Å². The van der Waals surface area contributed by atoms with E-state index in [2.05, 4.69) is 96.1 Å². The molecule has 0 N–H and O–H groups in total. The van der Waals surface area contributed by atoms with E-state index in [0.717, 1.165) is 17.8 Å². The van der Waals surface area contributed by atoms with Crippen molar-refractivity contribution in [3.8, 4) is 22.3 Å². The van der Waals surface area contributed by atoms with Crippen LogP contribution in [0.2, 0.25) is 0 Å². The van der Waals surface area contributed by atoms with Gasteiger partial charge in [-0.2, -0.15) is 0 Å². The van der Waals surface area contributed by atoms with E-state index in [0.29, 0.717) is 0 Å². The van der Waals surface area contributed by atoms with Gasteiger partial charge in [0.1, 0.15) is 0 Å². The van der Waals surface area contributed by atoms with Gasteiger partial charge in [0.15, 0.2) is 0 Å². The van der Waals surface area contributed by atoms with Crippen molar-refractivity contribution in [1.29, 1.82) is 0 Å². The van der Waals surface area contributed by atoms with E-state index in [1.54, 1.807) is 0 Å². The molecule has 0 aliphatic heterocycles. The quantitative estimate of drug-likeness (QED) is 0.361. The zero-order chi connectivity index (χ0) is 19.4. The second-order valence-corrected chi connectivity index (χ2v) is 9.79. The van der Waals surface area contributed by atoms with Crippen molar-refractivity contribution in [1.82, 2.24) is 4.98 Å². The lowest BCUT2D eigenvalue weighted by Crippen LogP contribution is -2.20. The second kappa shape index (κ2) is 6.05. The number of fused-ring (bicyclic) bond motifs is 3. The zero-order valence-corrected chi connectivity index (χ0v) is 17.4. The molecule has 0 bridgehead atoms. The molecule has 4 rings (SSSR count). The van der Waals surface area contributed by atoms with E-state index in [1.807, 2.05) is 0 Å². The topological polar surface area (TPSA) is 12.9 Å². The average Bonchev–Trinajstić information content (AvgIpc) is 2.98. The van der Waals surface area contributed by atoms with E-state index in [-0.39, 0.29) is 10.8 Å². The lowest BCUT2D eigenvalue weighted by atomic mass is 9.84. The fourth-order valence-electron chi connectivity index (χ4n) is 3.88. The van der Waals surface area contributed by atoms with E-state index in [4.69, 9.17) is 4.98 Å². The third-order valence-electron chi connectivity index (χ3n) is 5.52. The standard InChI is InChI=1S/C26H29N/c1-25(2,3)23-15-18(16-24(27-23)26(4,5)6)20-12-9-13-21-19-11-8-7-10-17(19)14-22(20)21/h7-13,15-16H,14H2,1-6H3. The molecule has 1 aliphatic rings. The van der Waals surface area contributed by atoms with Gasteiger partial charge in [-0.3, -0.25) is 4.98 Å². The van der Waals surface area contributed by atoms with Crippen LogP contribution in [0.15, 0.2) is 54.6 Å². The van der Waals surface area contributed by atoms with Crippen molar-refractivity contribution in [2.75, 3.05) is 0 Å². The van der Waals surface area contributed by atoms with Crippen LogP contribution in [0, 0.1) is 0 Å². The van der Waals surface area contributed by atoms with Crippen LogP contribution in [0.3, 0.4) is 0 Å². The molecule has 3 aromatic rings. The second-order valence-electron chi connectivity index (χ2n) is 9.79. The smallest absolute Gasteiger partial charge is 0.0466 e. The first kappa shape index (κ1) is 18.0. The van der Waals surface area contributed by atoms with E-state index < -0.39 is 0 Å². The Balaban J connectivity index is 1.93. The molecule has 2 aromatic carbocycles. The van der Waals surface area contributed by atoms with Gasteiger partial charge in [-0.15, -0.1) is 0 Å². The molecule has 27 heavy (non-hydrogen) atoms. The largest absolute Gasteiger partial charge is 0.257 e. The highest BCUT2D eigenvalue weighted by Crippen LogP contribution is 2.42. The molecule has 0 spiro atoms. The Kier molecular flexibility index (Phi) is 4.03. The minimum Gasteiger partial charge on any atom is -0.257 e. The highest BCUT2D eigenvalue weighted by Gasteiger charge is 2.25. The van der Waals surface area contributed by atoms with E-state index in [9.17, 15) is 0 Å².